The zero-order valence-electron chi connectivity index (χ0n) is 15.0. The Morgan fingerprint density at radius 2 is 2.04 bits per heavy atom. The van der Waals surface area contributed by atoms with Gasteiger partial charge in [-0.3, -0.25) is 14.8 Å². The van der Waals surface area contributed by atoms with Crippen molar-refractivity contribution in [3.8, 4) is 0 Å². The molecule has 2 aromatic heterocycles. The molecule has 1 fully saturated rings. The highest BCUT2D eigenvalue weighted by atomic mass is 16.5. The molecule has 134 valence electrons. The molecule has 25 heavy (non-hydrogen) atoms. The van der Waals surface area contributed by atoms with E-state index in [1.807, 2.05) is 25.7 Å². The third-order valence-electron chi connectivity index (χ3n) is 4.75. The zero-order valence-corrected chi connectivity index (χ0v) is 15.0. The smallest absolute Gasteiger partial charge is 0.227 e. The number of carbonyl (C=O) groups excluding carboxylic acids is 1. The predicted octanol–water partition coefficient (Wildman–Crippen LogP) is 1.79. The molecule has 3 rings (SSSR count). The Morgan fingerprint density at radius 1 is 1.24 bits per heavy atom. The summed E-state index contributed by atoms with van der Waals surface area (Å²) in [5, 5.41) is 3.93. The SMILES string of the molecule is Cc1nccnc1CCC1COCCN1C(=O)Cc1c(C)noc1C. The van der Waals surface area contributed by atoms with Crippen LogP contribution in [0.4, 0.5) is 0 Å². The maximum Gasteiger partial charge on any atom is 0.227 e. The number of hydrogen-bond acceptors (Lipinski definition) is 6. The lowest BCUT2D eigenvalue weighted by molar-refractivity contribution is -0.139. The summed E-state index contributed by atoms with van der Waals surface area (Å²) in [6.07, 6.45) is 5.32. The predicted molar refractivity (Wildman–Crippen MR) is 91.1 cm³/mol. The molecule has 7 nitrogen and oxygen atoms in total. The summed E-state index contributed by atoms with van der Waals surface area (Å²) in [5.74, 6) is 0.810. The third kappa shape index (κ3) is 4.04. The van der Waals surface area contributed by atoms with Crippen LogP contribution >= 0.6 is 0 Å². The van der Waals surface area contributed by atoms with Gasteiger partial charge in [-0.25, -0.2) is 0 Å². The van der Waals surface area contributed by atoms with Gasteiger partial charge in [0, 0.05) is 24.5 Å². The topological polar surface area (TPSA) is 81.4 Å². The largest absolute Gasteiger partial charge is 0.377 e. The summed E-state index contributed by atoms with van der Waals surface area (Å²) in [4.78, 5) is 23.4. The molecule has 7 heteroatoms. The molecule has 0 radical (unpaired) electrons. The fourth-order valence-corrected chi connectivity index (χ4v) is 3.21. The molecule has 0 aromatic carbocycles. The molecular formula is C18H24N4O3. The molecule has 1 unspecified atom stereocenters. The number of amides is 1. The quantitative estimate of drug-likeness (QED) is 0.822. The molecule has 0 saturated carbocycles. The Bertz CT molecular complexity index is 724. The summed E-state index contributed by atoms with van der Waals surface area (Å²) in [5.41, 5.74) is 3.59. The van der Waals surface area contributed by atoms with Crippen molar-refractivity contribution in [2.45, 2.75) is 46.1 Å². The number of aromatic nitrogens is 3. The molecule has 1 aliphatic rings. The van der Waals surface area contributed by atoms with Gasteiger partial charge in [-0.15, -0.1) is 0 Å². The van der Waals surface area contributed by atoms with E-state index in [1.165, 1.54) is 0 Å². The average molecular weight is 344 g/mol. The number of aryl methyl sites for hydroxylation is 4. The van der Waals surface area contributed by atoms with Crippen molar-refractivity contribution < 1.29 is 14.1 Å². The minimum atomic E-state index is 0.0585. The maximum atomic E-state index is 12.8. The third-order valence-corrected chi connectivity index (χ3v) is 4.75. The number of carbonyl (C=O) groups is 1. The second-order valence-electron chi connectivity index (χ2n) is 6.42. The Labute approximate surface area is 147 Å². The standard InChI is InChI=1S/C18H24N4O3/c1-12-16(14(3)25-21-12)10-18(23)22-8-9-24-11-15(22)4-5-17-13(2)19-6-7-20-17/h6-7,15H,4-5,8-11H2,1-3H3. The second-order valence-corrected chi connectivity index (χ2v) is 6.42. The van der Waals surface area contributed by atoms with E-state index >= 15 is 0 Å². The fraction of sp³-hybridized carbons (Fsp3) is 0.556. The monoisotopic (exact) mass is 344 g/mol. The first-order chi connectivity index (χ1) is 12.1. The molecular weight excluding hydrogens is 320 g/mol. The Balaban J connectivity index is 1.66. The van der Waals surface area contributed by atoms with Crippen LogP contribution in [0.5, 0.6) is 0 Å². The van der Waals surface area contributed by atoms with Gasteiger partial charge in [0.25, 0.3) is 0 Å². The summed E-state index contributed by atoms with van der Waals surface area (Å²) >= 11 is 0. The molecule has 0 spiro atoms. The lowest BCUT2D eigenvalue weighted by atomic mass is 10.0. The van der Waals surface area contributed by atoms with Crippen LogP contribution in [0.25, 0.3) is 0 Å². The first-order valence-electron chi connectivity index (χ1n) is 8.61. The van der Waals surface area contributed by atoms with Crippen LogP contribution in [0.3, 0.4) is 0 Å². The Hall–Kier alpha value is -2.28. The summed E-state index contributed by atoms with van der Waals surface area (Å²) in [6.45, 7) is 7.43. The highest BCUT2D eigenvalue weighted by Gasteiger charge is 2.28. The molecule has 1 aliphatic heterocycles. The summed E-state index contributed by atoms with van der Waals surface area (Å²) < 4.78 is 10.8. The first-order valence-corrected chi connectivity index (χ1v) is 8.61. The van der Waals surface area contributed by atoms with Gasteiger partial charge in [0.15, 0.2) is 0 Å². The van der Waals surface area contributed by atoms with Gasteiger partial charge in [-0.1, -0.05) is 5.16 Å². The number of morpholine rings is 1. The summed E-state index contributed by atoms with van der Waals surface area (Å²) in [6, 6.07) is 0.0585. The minimum absolute atomic E-state index is 0.0585. The van der Waals surface area contributed by atoms with E-state index in [1.54, 1.807) is 12.4 Å². The molecule has 0 N–H and O–H groups in total. The van der Waals surface area contributed by atoms with E-state index in [4.69, 9.17) is 9.26 Å². The lowest BCUT2D eigenvalue weighted by Gasteiger charge is -2.36. The van der Waals surface area contributed by atoms with Crippen molar-refractivity contribution in [3.63, 3.8) is 0 Å². The fourth-order valence-electron chi connectivity index (χ4n) is 3.21. The van der Waals surface area contributed by atoms with Crippen molar-refractivity contribution in [2.24, 2.45) is 0 Å². The molecule has 1 atom stereocenters. The molecule has 3 heterocycles. The molecule has 1 amide bonds. The van der Waals surface area contributed by atoms with Gasteiger partial charge in [0.05, 0.1) is 42.8 Å². The first kappa shape index (κ1) is 17.5. The number of hydrogen-bond donors (Lipinski definition) is 0. The summed E-state index contributed by atoms with van der Waals surface area (Å²) in [7, 11) is 0. The molecule has 2 aromatic rings. The van der Waals surface area contributed by atoms with Crippen LogP contribution < -0.4 is 0 Å². The Morgan fingerprint density at radius 3 is 2.76 bits per heavy atom. The van der Waals surface area contributed by atoms with E-state index in [0.29, 0.717) is 31.9 Å². The van der Waals surface area contributed by atoms with E-state index in [9.17, 15) is 4.79 Å². The van der Waals surface area contributed by atoms with Crippen molar-refractivity contribution in [3.05, 3.63) is 40.8 Å². The number of rotatable bonds is 5. The second kappa shape index (κ2) is 7.74. The van der Waals surface area contributed by atoms with Crippen molar-refractivity contribution in [1.29, 1.82) is 0 Å². The van der Waals surface area contributed by atoms with Crippen LogP contribution in [-0.2, 0) is 22.4 Å². The van der Waals surface area contributed by atoms with Crippen LogP contribution in [-0.4, -0.2) is 51.7 Å². The highest BCUT2D eigenvalue weighted by Crippen LogP contribution is 2.19. The van der Waals surface area contributed by atoms with E-state index in [-0.39, 0.29) is 11.9 Å². The van der Waals surface area contributed by atoms with Crippen LogP contribution in [0.1, 0.15) is 34.8 Å². The zero-order chi connectivity index (χ0) is 17.8. The highest BCUT2D eigenvalue weighted by molar-refractivity contribution is 5.79. The average Bonchev–Trinajstić information content (AvgIpc) is 2.93. The lowest BCUT2D eigenvalue weighted by Crippen LogP contribution is -2.49. The van der Waals surface area contributed by atoms with Crippen molar-refractivity contribution in [2.75, 3.05) is 19.8 Å². The van der Waals surface area contributed by atoms with Gasteiger partial charge in [0.1, 0.15) is 5.76 Å². The molecule has 0 aliphatic carbocycles. The van der Waals surface area contributed by atoms with Gasteiger partial charge < -0.3 is 14.2 Å². The molecule has 1 saturated heterocycles. The van der Waals surface area contributed by atoms with E-state index in [2.05, 4.69) is 15.1 Å². The Kier molecular flexibility index (Phi) is 5.43. The van der Waals surface area contributed by atoms with Crippen LogP contribution in [0, 0.1) is 20.8 Å². The van der Waals surface area contributed by atoms with Gasteiger partial charge >= 0.3 is 0 Å². The number of nitrogens with zero attached hydrogens (tertiary/aromatic N) is 4. The van der Waals surface area contributed by atoms with E-state index < -0.39 is 0 Å². The van der Waals surface area contributed by atoms with Crippen molar-refractivity contribution in [1.82, 2.24) is 20.0 Å². The van der Waals surface area contributed by atoms with Crippen LogP contribution in [0.2, 0.25) is 0 Å². The number of ether oxygens (including phenoxy) is 1. The minimum Gasteiger partial charge on any atom is -0.377 e. The van der Waals surface area contributed by atoms with E-state index in [0.717, 1.165) is 35.5 Å². The van der Waals surface area contributed by atoms with Gasteiger partial charge in [-0.2, -0.15) is 0 Å². The normalized spacial score (nSPS) is 17.7. The maximum absolute atomic E-state index is 12.8. The van der Waals surface area contributed by atoms with Gasteiger partial charge in [-0.05, 0) is 33.6 Å². The van der Waals surface area contributed by atoms with Gasteiger partial charge in [0.2, 0.25) is 5.91 Å². The van der Waals surface area contributed by atoms with Crippen LogP contribution in [0.15, 0.2) is 16.9 Å². The van der Waals surface area contributed by atoms with Crippen molar-refractivity contribution >= 4 is 5.91 Å². The molecule has 0 bridgehead atoms.